The first-order chi connectivity index (χ1) is 17.6. The Labute approximate surface area is 216 Å². The van der Waals surface area contributed by atoms with Crippen LogP contribution in [0.4, 0.5) is 5.82 Å². The molecule has 1 aromatic heterocycles. The highest BCUT2D eigenvalue weighted by atomic mass is 35.5. The Morgan fingerprint density at radius 2 is 1.75 bits per heavy atom. The summed E-state index contributed by atoms with van der Waals surface area (Å²) in [7, 11) is 0. The van der Waals surface area contributed by atoms with Crippen LogP contribution in [-0.2, 0) is 22.4 Å². The molecule has 5 rings (SSSR count). The minimum Gasteiger partial charge on any atom is -0.353 e. The fourth-order valence-electron chi connectivity index (χ4n) is 4.82. The van der Waals surface area contributed by atoms with Crippen LogP contribution in [0.5, 0.6) is 0 Å². The van der Waals surface area contributed by atoms with Gasteiger partial charge in [-0.1, -0.05) is 54.1 Å². The Hall–Kier alpha value is -3.42. The van der Waals surface area contributed by atoms with E-state index in [1.165, 1.54) is 0 Å². The van der Waals surface area contributed by atoms with Crippen molar-refractivity contribution in [1.82, 2.24) is 20.5 Å². The highest BCUT2D eigenvalue weighted by molar-refractivity contribution is 6.30. The van der Waals surface area contributed by atoms with Gasteiger partial charge in [-0.25, -0.2) is 4.98 Å². The summed E-state index contributed by atoms with van der Waals surface area (Å²) < 4.78 is 0. The number of pyridine rings is 1. The maximum Gasteiger partial charge on any atom is 0.245 e. The van der Waals surface area contributed by atoms with Crippen molar-refractivity contribution in [3.05, 3.63) is 101 Å². The van der Waals surface area contributed by atoms with E-state index in [-0.39, 0.29) is 11.8 Å². The van der Waals surface area contributed by atoms with Crippen molar-refractivity contribution in [3.63, 3.8) is 0 Å². The van der Waals surface area contributed by atoms with Crippen molar-refractivity contribution in [3.8, 4) is 0 Å². The molecule has 2 aromatic carbocycles. The molecule has 8 heteroatoms. The third-order valence-corrected chi connectivity index (χ3v) is 7.02. The number of carbonyl (C=O) groups is 2. The van der Waals surface area contributed by atoms with E-state index in [4.69, 9.17) is 11.6 Å². The summed E-state index contributed by atoms with van der Waals surface area (Å²) in [6, 6.07) is 19.9. The number of amides is 2. The first kappa shape index (κ1) is 24.3. The van der Waals surface area contributed by atoms with E-state index in [1.807, 2.05) is 66.0 Å². The summed E-state index contributed by atoms with van der Waals surface area (Å²) in [5.41, 5.74) is 3.00. The summed E-state index contributed by atoms with van der Waals surface area (Å²) in [6.07, 6.45) is 2.92. The number of aromatic nitrogens is 1. The van der Waals surface area contributed by atoms with Gasteiger partial charge < -0.3 is 15.1 Å². The fraction of sp³-hybridized carbons (Fsp3) is 0.286. The van der Waals surface area contributed by atoms with Crippen LogP contribution >= 0.6 is 11.6 Å². The third-order valence-electron chi connectivity index (χ3n) is 6.77. The van der Waals surface area contributed by atoms with Crippen LogP contribution in [0.25, 0.3) is 0 Å². The zero-order valence-electron chi connectivity index (χ0n) is 19.9. The van der Waals surface area contributed by atoms with Crippen LogP contribution in [0.15, 0.2) is 72.9 Å². The number of hydrogen-bond donors (Lipinski definition) is 2. The second-order valence-electron chi connectivity index (χ2n) is 9.10. The first-order valence-corrected chi connectivity index (χ1v) is 12.6. The average Bonchev–Trinajstić information content (AvgIpc) is 2.93. The number of benzene rings is 2. The first-order valence-electron chi connectivity index (χ1n) is 12.2. The molecule has 0 spiro atoms. The maximum atomic E-state index is 13.7. The quantitative estimate of drug-likeness (QED) is 0.541. The van der Waals surface area contributed by atoms with Gasteiger partial charge >= 0.3 is 0 Å². The molecule has 1 fully saturated rings. The number of hydrogen-bond acceptors (Lipinski definition) is 5. The van der Waals surface area contributed by atoms with Crippen molar-refractivity contribution in [2.75, 3.05) is 31.1 Å². The standard InChI is InChI=1S/C28H29ClN5O2/c29-22-10-8-20(9-11-22)19-24(32-27(35)26-23-6-2-1-5-21(23)12-14-31-26)28(36)34-17-15-33(16-18-34)25-7-3-4-13-30-25/h1-11,13-14,24,26,31H,12,15-19H2,(H,32,35)/t24-,26?/m1/s1. The molecule has 185 valence electrons. The van der Waals surface area contributed by atoms with E-state index in [1.54, 1.807) is 18.3 Å². The van der Waals surface area contributed by atoms with Gasteiger partial charge in [-0.15, -0.1) is 0 Å². The van der Waals surface area contributed by atoms with E-state index in [2.05, 4.69) is 20.5 Å². The largest absolute Gasteiger partial charge is 0.353 e. The fourth-order valence-corrected chi connectivity index (χ4v) is 4.95. The number of rotatable bonds is 6. The highest BCUT2D eigenvalue weighted by Crippen LogP contribution is 2.24. The Kier molecular flexibility index (Phi) is 7.49. The summed E-state index contributed by atoms with van der Waals surface area (Å²) in [4.78, 5) is 35.6. The number of fused-ring (bicyclic) bond motifs is 1. The van der Waals surface area contributed by atoms with Gasteiger partial charge in [0.2, 0.25) is 11.8 Å². The molecule has 3 heterocycles. The molecule has 3 aromatic rings. The SMILES string of the molecule is O=C(N[C@H](Cc1ccc(Cl)cc1)C(=O)N1CCN(c2ccccn2)CC1)C1N[CH]Cc2ccccc21. The summed E-state index contributed by atoms with van der Waals surface area (Å²) in [6.45, 7) is 4.43. The zero-order chi connectivity index (χ0) is 24.9. The molecular weight excluding hydrogens is 474 g/mol. The topological polar surface area (TPSA) is 77.6 Å². The second-order valence-corrected chi connectivity index (χ2v) is 9.54. The Bertz CT molecular complexity index is 1200. The predicted octanol–water partition coefficient (Wildman–Crippen LogP) is 3.16. The van der Waals surface area contributed by atoms with E-state index < -0.39 is 12.1 Å². The lowest BCUT2D eigenvalue weighted by Crippen LogP contribution is -2.56. The molecule has 0 aliphatic carbocycles. The van der Waals surface area contributed by atoms with Crippen molar-refractivity contribution < 1.29 is 9.59 Å². The van der Waals surface area contributed by atoms with Gasteiger partial charge in [0.15, 0.2) is 0 Å². The number of nitrogens with zero attached hydrogens (tertiary/aromatic N) is 3. The van der Waals surface area contributed by atoms with E-state index in [0.29, 0.717) is 37.6 Å². The van der Waals surface area contributed by atoms with Crippen LogP contribution in [0.2, 0.25) is 5.02 Å². The number of halogens is 1. The molecule has 2 atom stereocenters. The Balaban J connectivity index is 1.31. The molecule has 2 N–H and O–H groups in total. The monoisotopic (exact) mass is 502 g/mol. The van der Waals surface area contributed by atoms with Gasteiger partial charge in [0.05, 0.1) is 0 Å². The van der Waals surface area contributed by atoms with Crippen LogP contribution in [-0.4, -0.2) is 53.9 Å². The lowest BCUT2D eigenvalue weighted by molar-refractivity contribution is -0.137. The summed E-state index contributed by atoms with van der Waals surface area (Å²) in [5, 5.41) is 6.89. The van der Waals surface area contributed by atoms with Gasteiger partial charge in [-0.05, 0) is 47.4 Å². The van der Waals surface area contributed by atoms with Gasteiger partial charge in [0, 0.05) is 50.4 Å². The number of nitrogens with one attached hydrogen (secondary N) is 2. The minimum absolute atomic E-state index is 0.0768. The molecule has 0 bridgehead atoms. The smallest absolute Gasteiger partial charge is 0.245 e. The number of carbonyl (C=O) groups excluding carboxylic acids is 2. The normalized spacial score (nSPS) is 18.3. The molecule has 1 saturated heterocycles. The number of anilines is 1. The van der Waals surface area contributed by atoms with Crippen molar-refractivity contribution in [1.29, 1.82) is 0 Å². The molecule has 2 amide bonds. The molecule has 36 heavy (non-hydrogen) atoms. The minimum atomic E-state index is -0.684. The Morgan fingerprint density at radius 1 is 1.00 bits per heavy atom. The van der Waals surface area contributed by atoms with Crippen LogP contribution in [0.1, 0.15) is 22.7 Å². The van der Waals surface area contributed by atoms with Gasteiger partial charge in [0.25, 0.3) is 0 Å². The van der Waals surface area contributed by atoms with E-state index in [0.717, 1.165) is 28.9 Å². The van der Waals surface area contributed by atoms with Crippen LogP contribution < -0.4 is 15.5 Å². The zero-order valence-corrected chi connectivity index (χ0v) is 20.7. The lowest BCUT2D eigenvalue weighted by atomic mass is 9.93. The molecule has 7 nitrogen and oxygen atoms in total. The van der Waals surface area contributed by atoms with Crippen molar-refractivity contribution in [2.45, 2.75) is 24.9 Å². The molecule has 1 unspecified atom stereocenters. The summed E-state index contributed by atoms with van der Waals surface area (Å²) >= 11 is 6.06. The van der Waals surface area contributed by atoms with E-state index >= 15 is 0 Å². The second kappa shape index (κ2) is 11.1. The maximum absolute atomic E-state index is 13.7. The number of piperazine rings is 1. The lowest BCUT2D eigenvalue weighted by Gasteiger charge is -2.37. The van der Waals surface area contributed by atoms with Gasteiger partial charge in [0.1, 0.15) is 17.9 Å². The van der Waals surface area contributed by atoms with Gasteiger partial charge in [-0.3, -0.25) is 14.9 Å². The molecule has 2 aliphatic rings. The van der Waals surface area contributed by atoms with Crippen LogP contribution in [0, 0.1) is 6.54 Å². The predicted molar refractivity (Wildman–Crippen MR) is 140 cm³/mol. The highest BCUT2D eigenvalue weighted by Gasteiger charge is 2.33. The molecule has 2 aliphatic heterocycles. The molecule has 1 radical (unpaired) electrons. The summed E-state index contributed by atoms with van der Waals surface area (Å²) in [5.74, 6) is 0.624. The van der Waals surface area contributed by atoms with E-state index in [9.17, 15) is 9.59 Å². The molecular formula is C28H29ClN5O2. The van der Waals surface area contributed by atoms with Crippen molar-refractivity contribution in [2.24, 2.45) is 0 Å². The molecule has 0 saturated carbocycles. The van der Waals surface area contributed by atoms with Crippen molar-refractivity contribution >= 4 is 29.2 Å². The van der Waals surface area contributed by atoms with Gasteiger partial charge in [-0.2, -0.15) is 0 Å². The Morgan fingerprint density at radius 3 is 2.50 bits per heavy atom. The third kappa shape index (κ3) is 5.53. The average molecular weight is 503 g/mol. The van der Waals surface area contributed by atoms with Crippen LogP contribution in [0.3, 0.4) is 0 Å².